The average molecular weight is 474 g/mol. The number of halogens is 6. The fraction of sp³-hybridized carbons (Fsp3) is 0.300. The van der Waals surface area contributed by atoms with Crippen molar-refractivity contribution in [2.24, 2.45) is 7.05 Å². The van der Waals surface area contributed by atoms with E-state index in [1.165, 1.54) is 29.1 Å². The molecular formula is C20H16F6N4O3. The number of benzene rings is 1. The van der Waals surface area contributed by atoms with Gasteiger partial charge in [-0.25, -0.2) is 9.97 Å². The van der Waals surface area contributed by atoms with E-state index in [1.807, 2.05) is 0 Å². The lowest BCUT2D eigenvalue weighted by Gasteiger charge is -2.14. The summed E-state index contributed by atoms with van der Waals surface area (Å²) in [6.45, 7) is 0. The summed E-state index contributed by atoms with van der Waals surface area (Å²) in [4.78, 5) is 20.9. The minimum absolute atomic E-state index is 0.0379. The molecule has 0 spiro atoms. The van der Waals surface area contributed by atoms with E-state index in [9.17, 15) is 31.1 Å². The molecule has 7 nitrogen and oxygen atoms in total. The normalized spacial score (nSPS) is 13.1. The van der Waals surface area contributed by atoms with Gasteiger partial charge in [-0.3, -0.25) is 9.48 Å². The Labute approximate surface area is 182 Å². The van der Waals surface area contributed by atoms with Gasteiger partial charge in [0, 0.05) is 25.2 Å². The molecule has 0 aliphatic carbocycles. The summed E-state index contributed by atoms with van der Waals surface area (Å²) in [5.74, 6) is -1.20. The standard InChI is InChI=1S/C20H16F6N4O3/c1-30-10-12(9-27-30)18-28-14(11-2-4-13(5-3-11)33-20(24,25)26)8-15(29-18)16(31)6-7-17(32)19(21,22)23/h2-5,8-10,17,32H,6-7H2,1H3/t17-/m0/s1. The number of rotatable bonds is 7. The van der Waals surface area contributed by atoms with Gasteiger partial charge in [-0.2, -0.15) is 18.3 Å². The second kappa shape index (κ2) is 9.17. The third-order valence-corrected chi connectivity index (χ3v) is 4.38. The SMILES string of the molecule is Cn1cc(-c2nc(C(=O)CC[C@H](O)C(F)(F)F)cc(-c3ccc(OC(F)(F)F)cc3)n2)cn1. The number of nitrogens with zero attached hydrogens (tertiary/aromatic N) is 4. The number of carbonyl (C=O) groups excluding carboxylic acids is 1. The lowest BCUT2D eigenvalue weighted by molar-refractivity contribution is -0.274. The van der Waals surface area contributed by atoms with Crippen LogP contribution < -0.4 is 4.74 Å². The number of hydrogen-bond acceptors (Lipinski definition) is 6. The molecule has 0 aliphatic heterocycles. The van der Waals surface area contributed by atoms with Gasteiger partial charge in [0.15, 0.2) is 11.6 Å². The first-order valence-electron chi connectivity index (χ1n) is 9.34. The summed E-state index contributed by atoms with van der Waals surface area (Å²) < 4.78 is 80.0. The maximum atomic E-state index is 12.5. The molecule has 13 heteroatoms. The van der Waals surface area contributed by atoms with Crippen LogP contribution in [0, 0.1) is 0 Å². The molecule has 0 saturated carbocycles. The van der Waals surface area contributed by atoms with Crippen LogP contribution in [0.15, 0.2) is 42.7 Å². The van der Waals surface area contributed by atoms with Crippen LogP contribution in [0.4, 0.5) is 26.3 Å². The largest absolute Gasteiger partial charge is 0.573 e. The molecule has 0 radical (unpaired) electrons. The number of ketones is 1. The van der Waals surface area contributed by atoms with Gasteiger partial charge in [0.25, 0.3) is 0 Å². The van der Waals surface area contributed by atoms with Gasteiger partial charge in [-0.1, -0.05) is 0 Å². The van der Waals surface area contributed by atoms with Crippen molar-refractivity contribution in [1.82, 2.24) is 19.7 Å². The summed E-state index contributed by atoms with van der Waals surface area (Å²) in [5.41, 5.74) is 0.633. The minimum atomic E-state index is -4.87. The Bertz CT molecular complexity index is 1130. The molecule has 3 rings (SSSR count). The Kier molecular flexibility index (Phi) is 6.72. The Morgan fingerprint density at radius 1 is 1.09 bits per heavy atom. The zero-order chi connectivity index (χ0) is 24.4. The molecule has 0 saturated heterocycles. The van der Waals surface area contributed by atoms with Crippen LogP contribution >= 0.6 is 0 Å². The Balaban J connectivity index is 1.94. The lowest BCUT2D eigenvalue weighted by atomic mass is 10.1. The zero-order valence-corrected chi connectivity index (χ0v) is 16.9. The maximum Gasteiger partial charge on any atom is 0.573 e. The van der Waals surface area contributed by atoms with Crippen molar-refractivity contribution in [3.63, 3.8) is 0 Å². The van der Waals surface area contributed by atoms with E-state index < -0.39 is 43.0 Å². The van der Waals surface area contributed by atoms with Crippen molar-refractivity contribution in [2.75, 3.05) is 0 Å². The van der Waals surface area contributed by atoms with Crippen LogP contribution in [0.2, 0.25) is 0 Å². The number of aliphatic hydroxyl groups excluding tert-OH is 1. The quantitative estimate of drug-likeness (QED) is 0.405. The monoisotopic (exact) mass is 474 g/mol. The highest BCUT2D eigenvalue weighted by molar-refractivity contribution is 5.95. The van der Waals surface area contributed by atoms with Crippen molar-refractivity contribution in [3.8, 4) is 28.4 Å². The highest BCUT2D eigenvalue weighted by Crippen LogP contribution is 2.28. The summed E-state index contributed by atoms with van der Waals surface area (Å²) in [5, 5.41) is 13.1. The van der Waals surface area contributed by atoms with Gasteiger partial charge in [-0.15, -0.1) is 13.2 Å². The molecule has 1 N–H and O–H groups in total. The molecular weight excluding hydrogens is 458 g/mol. The smallest absolute Gasteiger partial charge is 0.406 e. The van der Waals surface area contributed by atoms with Crippen molar-refractivity contribution in [3.05, 3.63) is 48.4 Å². The van der Waals surface area contributed by atoms with E-state index in [-0.39, 0.29) is 17.2 Å². The van der Waals surface area contributed by atoms with E-state index in [0.717, 1.165) is 12.1 Å². The van der Waals surface area contributed by atoms with E-state index in [0.29, 0.717) is 11.1 Å². The third kappa shape index (κ3) is 6.51. The molecule has 176 valence electrons. The van der Waals surface area contributed by atoms with E-state index >= 15 is 0 Å². The van der Waals surface area contributed by atoms with Crippen LogP contribution in [0.3, 0.4) is 0 Å². The zero-order valence-electron chi connectivity index (χ0n) is 16.9. The second-order valence-electron chi connectivity index (χ2n) is 6.96. The van der Waals surface area contributed by atoms with Gasteiger partial charge in [-0.05, 0) is 36.8 Å². The van der Waals surface area contributed by atoms with E-state index in [1.54, 1.807) is 13.2 Å². The predicted octanol–water partition coefficient (Wildman–Crippen LogP) is 4.33. The van der Waals surface area contributed by atoms with Crippen molar-refractivity contribution in [2.45, 2.75) is 31.5 Å². The van der Waals surface area contributed by atoms with Crippen LogP contribution in [-0.4, -0.2) is 49.3 Å². The predicted molar refractivity (Wildman–Crippen MR) is 102 cm³/mol. The molecule has 1 aromatic carbocycles. The van der Waals surface area contributed by atoms with Crippen molar-refractivity contribution < 1.29 is 41.0 Å². The van der Waals surface area contributed by atoms with Gasteiger partial charge in [0.2, 0.25) is 0 Å². The molecule has 2 aromatic heterocycles. The first-order valence-corrected chi connectivity index (χ1v) is 9.34. The van der Waals surface area contributed by atoms with Gasteiger partial charge in [0.1, 0.15) is 17.5 Å². The third-order valence-electron chi connectivity index (χ3n) is 4.38. The summed E-state index contributed by atoms with van der Waals surface area (Å²) >= 11 is 0. The molecule has 0 aliphatic rings. The molecule has 0 bridgehead atoms. The second-order valence-corrected chi connectivity index (χ2v) is 6.96. The minimum Gasteiger partial charge on any atom is -0.406 e. The number of hydrogen-bond donors (Lipinski definition) is 1. The van der Waals surface area contributed by atoms with Crippen LogP contribution in [0.5, 0.6) is 5.75 Å². The molecule has 2 heterocycles. The summed E-state index contributed by atoms with van der Waals surface area (Å²) in [6, 6.07) is 5.86. The highest BCUT2D eigenvalue weighted by Gasteiger charge is 2.38. The number of ether oxygens (including phenoxy) is 1. The number of Topliss-reactive ketones (excluding diaryl/α,β-unsaturated/α-hetero) is 1. The van der Waals surface area contributed by atoms with E-state index in [2.05, 4.69) is 19.8 Å². The molecule has 0 amide bonds. The highest BCUT2D eigenvalue weighted by atomic mass is 19.4. The van der Waals surface area contributed by atoms with E-state index in [4.69, 9.17) is 5.11 Å². The van der Waals surface area contributed by atoms with Gasteiger partial charge >= 0.3 is 12.5 Å². The van der Waals surface area contributed by atoms with Crippen molar-refractivity contribution >= 4 is 5.78 Å². The van der Waals surface area contributed by atoms with Crippen LogP contribution in [-0.2, 0) is 7.05 Å². The number of aromatic nitrogens is 4. The number of aryl methyl sites for hydroxylation is 1. The lowest BCUT2D eigenvalue weighted by Crippen LogP contribution is -2.29. The molecule has 3 aromatic rings. The Morgan fingerprint density at radius 3 is 2.30 bits per heavy atom. The molecule has 0 unspecified atom stereocenters. The number of carbonyl (C=O) groups is 1. The Hall–Kier alpha value is -3.48. The van der Waals surface area contributed by atoms with Crippen molar-refractivity contribution in [1.29, 1.82) is 0 Å². The summed E-state index contributed by atoms with van der Waals surface area (Å²) in [6.07, 6.45) is -10.9. The van der Waals surface area contributed by atoms with Crippen LogP contribution in [0.25, 0.3) is 22.6 Å². The number of alkyl halides is 6. The van der Waals surface area contributed by atoms with Crippen LogP contribution in [0.1, 0.15) is 23.3 Å². The fourth-order valence-corrected chi connectivity index (χ4v) is 2.79. The average Bonchev–Trinajstić information content (AvgIpc) is 3.16. The molecule has 1 atom stereocenters. The Morgan fingerprint density at radius 2 is 1.76 bits per heavy atom. The topological polar surface area (TPSA) is 90.1 Å². The molecule has 0 fully saturated rings. The van der Waals surface area contributed by atoms with Gasteiger partial charge in [0.05, 0.1) is 17.5 Å². The first-order chi connectivity index (χ1) is 15.3. The first kappa shape index (κ1) is 24.2. The molecule has 33 heavy (non-hydrogen) atoms. The van der Waals surface area contributed by atoms with Gasteiger partial charge < -0.3 is 9.84 Å². The number of aliphatic hydroxyl groups is 1. The fourth-order valence-electron chi connectivity index (χ4n) is 2.79. The maximum absolute atomic E-state index is 12.5. The summed E-state index contributed by atoms with van der Waals surface area (Å²) in [7, 11) is 1.62.